The van der Waals surface area contributed by atoms with Gasteiger partial charge in [0.1, 0.15) is 17.5 Å². The van der Waals surface area contributed by atoms with E-state index in [0.29, 0.717) is 29.0 Å². The number of hydrogen-bond acceptors (Lipinski definition) is 10. The van der Waals surface area contributed by atoms with Crippen molar-refractivity contribution in [1.29, 1.82) is 0 Å². The number of pyridine rings is 1. The highest BCUT2D eigenvalue weighted by atomic mass is 31.0. The molecule has 0 aliphatic heterocycles. The van der Waals surface area contributed by atoms with Crippen LogP contribution in [0.4, 0.5) is 11.5 Å². The standard InChI is InChI=1S/C37H45N7O6.C2H7P/c1-5-8-9-13-33(50-25-35(46)49-7-3)42-36(38)26-14-17-28(18-15-26)40-24-32-41-29-23-27(16-19-30(29)43(32)4)37(47)44(22-20-34(45)48-6-2)31-12-10-11-21-39-31;1-2-3/h10-19,21,23,40H,5-9,20,22,24-25H2,1-4H3,(H2,38,42);2-3H2,1H3/b33-13-;. The minimum atomic E-state index is -0.470. The summed E-state index contributed by atoms with van der Waals surface area (Å²) in [5.41, 5.74) is 9.78. The molecule has 4 aromatic rings. The number of nitrogens with two attached hydrogens (primary N) is 1. The Kier molecular flexibility index (Phi) is 18.0. The summed E-state index contributed by atoms with van der Waals surface area (Å²) in [7, 11) is 4.50. The number of aromatic nitrogens is 3. The van der Waals surface area contributed by atoms with E-state index in [4.69, 9.17) is 24.9 Å². The lowest BCUT2D eigenvalue weighted by Gasteiger charge is -2.21. The summed E-state index contributed by atoms with van der Waals surface area (Å²) in [5.74, 6) is 0.592. The molecule has 13 nitrogen and oxygen atoms in total. The maximum atomic E-state index is 13.7. The number of carbonyl (C=O) groups is 3. The molecule has 1 atom stereocenters. The average Bonchev–Trinajstić information content (AvgIpc) is 3.48. The first-order chi connectivity index (χ1) is 25.6. The molecule has 0 fully saturated rings. The number of fused-ring (bicyclic) bond motifs is 1. The van der Waals surface area contributed by atoms with E-state index in [0.717, 1.165) is 36.3 Å². The molecule has 0 saturated heterocycles. The van der Waals surface area contributed by atoms with Crippen LogP contribution in [0.15, 0.2) is 83.8 Å². The van der Waals surface area contributed by atoms with Gasteiger partial charge in [0.05, 0.1) is 37.2 Å². The Hall–Kier alpha value is -5.29. The maximum Gasteiger partial charge on any atom is 0.344 e. The average molecular weight is 746 g/mol. The number of unbranched alkanes of at least 4 members (excludes halogenated alkanes) is 2. The van der Waals surface area contributed by atoms with E-state index in [1.165, 1.54) is 11.1 Å². The number of ether oxygens (including phenoxy) is 3. The van der Waals surface area contributed by atoms with Gasteiger partial charge >= 0.3 is 11.9 Å². The van der Waals surface area contributed by atoms with Crippen molar-refractivity contribution in [2.24, 2.45) is 17.8 Å². The number of nitrogens with zero attached hydrogens (tertiary/aromatic N) is 5. The first-order valence-electron chi connectivity index (χ1n) is 17.9. The quantitative estimate of drug-likeness (QED) is 0.0292. The molecule has 0 bridgehead atoms. The third-order valence-corrected chi connectivity index (χ3v) is 7.62. The summed E-state index contributed by atoms with van der Waals surface area (Å²) in [6, 6.07) is 18.1. The van der Waals surface area contributed by atoms with Gasteiger partial charge < -0.3 is 29.8 Å². The molecule has 0 saturated carbocycles. The Morgan fingerprint density at radius 2 is 1.66 bits per heavy atom. The SMILES string of the molecule is CCCC/C=C(/N=C(\N)c1ccc(NCc2nc3cc(C(=O)N(CCC(=O)OCC)c4ccccn4)ccc3n2C)cc1)OCC(=O)OCC.CCP. The van der Waals surface area contributed by atoms with E-state index >= 15 is 0 Å². The molecule has 0 spiro atoms. The van der Waals surface area contributed by atoms with Crippen LogP contribution in [-0.2, 0) is 37.4 Å². The molecule has 14 heteroatoms. The fourth-order valence-corrected chi connectivity index (χ4v) is 4.99. The highest BCUT2D eigenvalue weighted by Gasteiger charge is 2.21. The van der Waals surface area contributed by atoms with Crippen molar-refractivity contribution in [3.05, 3.63) is 95.8 Å². The van der Waals surface area contributed by atoms with Gasteiger partial charge in [0.2, 0.25) is 5.88 Å². The summed E-state index contributed by atoms with van der Waals surface area (Å²) >= 11 is 0. The number of allylic oxidation sites excluding steroid dienone is 1. The zero-order valence-corrected chi connectivity index (χ0v) is 32.5. The fourth-order valence-electron chi connectivity index (χ4n) is 4.99. The van der Waals surface area contributed by atoms with Crippen molar-refractivity contribution >= 4 is 55.5 Å². The normalized spacial score (nSPS) is 11.4. The molecular weight excluding hydrogens is 693 g/mol. The summed E-state index contributed by atoms with van der Waals surface area (Å²) in [6.07, 6.45) is 7.34. The summed E-state index contributed by atoms with van der Waals surface area (Å²) in [4.78, 5) is 52.6. The summed E-state index contributed by atoms with van der Waals surface area (Å²) < 4.78 is 17.6. The Morgan fingerprint density at radius 3 is 2.32 bits per heavy atom. The Labute approximate surface area is 314 Å². The minimum absolute atomic E-state index is 0.0425. The molecule has 284 valence electrons. The first kappa shape index (κ1) is 42.1. The fraction of sp³-hybridized carbons (Fsp3) is 0.385. The van der Waals surface area contributed by atoms with Gasteiger partial charge in [-0.05, 0) is 93.5 Å². The van der Waals surface area contributed by atoms with Gasteiger partial charge in [0.25, 0.3) is 5.91 Å². The van der Waals surface area contributed by atoms with Crippen molar-refractivity contribution in [3.8, 4) is 0 Å². The van der Waals surface area contributed by atoms with Crippen molar-refractivity contribution < 1.29 is 28.6 Å². The third kappa shape index (κ3) is 13.3. The monoisotopic (exact) mass is 745 g/mol. The van der Waals surface area contributed by atoms with Crippen molar-refractivity contribution in [3.63, 3.8) is 0 Å². The number of carbonyl (C=O) groups excluding carboxylic acids is 3. The van der Waals surface area contributed by atoms with Crippen molar-refractivity contribution in [1.82, 2.24) is 14.5 Å². The molecule has 1 amide bonds. The Balaban J connectivity index is 0.00000243. The summed E-state index contributed by atoms with van der Waals surface area (Å²) in [6.45, 7) is 8.50. The molecule has 2 aromatic heterocycles. The number of rotatable bonds is 18. The Bertz CT molecular complexity index is 1830. The zero-order valence-electron chi connectivity index (χ0n) is 31.3. The van der Waals surface area contributed by atoms with Gasteiger partial charge in [0, 0.05) is 36.6 Å². The third-order valence-electron chi connectivity index (χ3n) is 7.62. The van der Waals surface area contributed by atoms with E-state index in [9.17, 15) is 14.4 Å². The van der Waals surface area contributed by atoms with Crippen molar-refractivity contribution in [2.45, 2.75) is 59.9 Å². The highest BCUT2D eigenvalue weighted by molar-refractivity contribution is 7.16. The molecule has 0 radical (unpaired) electrons. The largest absolute Gasteiger partial charge is 0.466 e. The second kappa shape index (κ2) is 22.6. The van der Waals surface area contributed by atoms with Gasteiger partial charge in [-0.3, -0.25) is 14.5 Å². The Morgan fingerprint density at radius 1 is 0.962 bits per heavy atom. The highest BCUT2D eigenvalue weighted by Crippen LogP contribution is 2.22. The number of aliphatic imine (C=N–C) groups is 1. The van der Waals surface area contributed by atoms with Crippen LogP contribution in [0.5, 0.6) is 0 Å². The molecule has 2 heterocycles. The van der Waals surface area contributed by atoms with E-state index in [2.05, 4.69) is 38.4 Å². The predicted octanol–water partition coefficient (Wildman–Crippen LogP) is 6.38. The van der Waals surface area contributed by atoms with Crippen molar-refractivity contribution in [2.75, 3.05) is 42.7 Å². The van der Waals surface area contributed by atoms with E-state index in [-0.39, 0.29) is 56.4 Å². The number of amides is 1. The van der Waals surface area contributed by atoms with Gasteiger partial charge in [0.15, 0.2) is 6.61 Å². The van der Waals surface area contributed by atoms with Gasteiger partial charge in [-0.25, -0.2) is 14.8 Å². The first-order valence-corrected chi connectivity index (χ1v) is 18.7. The number of benzene rings is 2. The van der Waals surface area contributed by atoms with Crippen LogP contribution >= 0.6 is 9.24 Å². The van der Waals surface area contributed by atoms with Crippen LogP contribution in [0.1, 0.15) is 75.1 Å². The number of amidine groups is 1. The molecular formula is C39H52N7O6P. The van der Waals surface area contributed by atoms with Gasteiger partial charge in [-0.1, -0.05) is 26.3 Å². The molecule has 1 unspecified atom stereocenters. The van der Waals surface area contributed by atoms with Crippen LogP contribution in [0, 0.1) is 0 Å². The lowest BCUT2D eigenvalue weighted by molar-refractivity contribution is -0.147. The number of aryl methyl sites for hydroxylation is 1. The topological polar surface area (TPSA) is 163 Å². The zero-order chi connectivity index (χ0) is 38.6. The second-order valence-electron chi connectivity index (χ2n) is 11.6. The number of hydrogen-bond donors (Lipinski definition) is 2. The molecule has 2 aromatic carbocycles. The van der Waals surface area contributed by atoms with E-state index in [1.807, 2.05) is 48.0 Å². The number of nitrogens with one attached hydrogen (secondary N) is 1. The smallest absolute Gasteiger partial charge is 0.344 e. The summed E-state index contributed by atoms with van der Waals surface area (Å²) in [5, 5.41) is 3.38. The number of anilines is 2. The number of imidazole rings is 1. The lowest BCUT2D eigenvalue weighted by atomic mass is 10.1. The predicted molar refractivity (Wildman–Crippen MR) is 213 cm³/mol. The maximum absolute atomic E-state index is 13.7. The molecule has 0 aliphatic carbocycles. The lowest BCUT2D eigenvalue weighted by Crippen LogP contribution is -2.34. The second-order valence-corrected chi connectivity index (χ2v) is 12.4. The molecule has 3 N–H and O–H groups in total. The van der Waals surface area contributed by atoms with Gasteiger partial charge in [-0.2, -0.15) is 4.99 Å². The molecule has 4 rings (SSSR count). The van der Waals surface area contributed by atoms with E-state index in [1.54, 1.807) is 50.4 Å². The van der Waals surface area contributed by atoms with Crippen LogP contribution in [0.25, 0.3) is 11.0 Å². The minimum Gasteiger partial charge on any atom is -0.466 e. The molecule has 0 aliphatic rings. The van der Waals surface area contributed by atoms with Crippen LogP contribution < -0.4 is 16.0 Å². The van der Waals surface area contributed by atoms with Gasteiger partial charge in [-0.15, -0.1) is 9.24 Å². The number of esters is 2. The van der Waals surface area contributed by atoms with Crippen LogP contribution in [0.3, 0.4) is 0 Å². The molecule has 53 heavy (non-hydrogen) atoms. The van der Waals surface area contributed by atoms with Crippen LogP contribution in [0.2, 0.25) is 0 Å². The van der Waals surface area contributed by atoms with E-state index < -0.39 is 5.97 Å². The van der Waals surface area contributed by atoms with Crippen LogP contribution in [-0.4, -0.2) is 70.7 Å².